The summed E-state index contributed by atoms with van der Waals surface area (Å²) in [5.74, 6) is 0.361. The van der Waals surface area contributed by atoms with Crippen molar-refractivity contribution in [3.05, 3.63) is 72.6 Å². The smallest absolute Gasteiger partial charge is 0.0933 e. The molecular formula is C25H40OS. The second kappa shape index (κ2) is 20.9. The zero-order valence-corrected chi connectivity index (χ0v) is 18.3. The Morgan fingerprint density at radius 2 is 1.22 bits per heavy atom. The highest BCUT2D eigenvalue weighted by atomic mass is 32.1. The molecule has 2 heteroatoms. The van der Waals surface area contributed by atoms with E-state index in [2.05, 4.69) is 37.8 Å². The third kappa shape index (κ3) is 22.5. The molecule has 0 saturated carbocycles. The van der Waals surface area contributed by atoms with Crippen LogP contribution in [-0.2, 0) is 0 Å². The fourth-order valence-electron chi connectivity index (χ4n) is 2.56. The van der Waals surface area contributed by atoms with Gasteiger partial charge < -0.3 is 5.11 Å². The van der Waals surface area contributed by atoms with Crippen molar-refractivity contribution in [2.75, 3.05) is 0 Å². The summed E-state index contributed by atoms with van der Waals surface area (Å²) in [5, 5.41) is 9.75. The Balaban J connectivity index is 3.65. The number of aliphatic hydroxyl groups excluding tert-OH is 1. The van der Waals surface area contributed by atoms with Crippen LogP contribution < -0.4 is 0 Å². The van der Waals surface area contributed by atoms with Crippen molar-refractivity contribution in [2.24, 2.45) is 0 Å². The molecule has 152 valence electrons. The van der Waals surface area contributed by atoms with E-state index in [1.807, 2.05) is 49.5 Å². The topological polar surface area (TPSA) is 20.2 Å². The maximum absolute atomic E-state index is 9.57. The summed E-state index contributed by atoms with van der Waals surface area (Å²) in [6.07, 6.45) is 34.6. The lowest BCUT2D eigenvalue weighted by Gasteiger charge is -2.00. The molecule has 0 saturated heterocycles. The monoisotopic (exact) mass is 388 g/mol. The number of allylic oxidation sites excluding steroid dienone is 12. The van der Waals surface area contributed by atoms with Crippen LogP contribution in [0.15, 0.2) is 72.6 Å². The van der Waals surface area contributed by atoms with E-state index in [-0.39, 0.29) is 5.25 Å². The zero-order valence-electron chi connectivity index (χ0n) is 17.4. The van der Waals surface area contributed by atoms with Crippen molar-refractivity contribution < 1.29 is 5.11 Å². The molecule has 0 rings (SSSR count). The van der Waals surface area contributed by atoms with Crippen LogP contribution in [0.5, 0.6) is 0 Å². The van der Waals surface area contributed by atoms with Crippen LogP contribution in [0.4, 0.5) is 0 Å². The molecule has 0 aromatic heterocycles. The van der Waals surface area contributed by atoms with Gasteiger partial charge in [-0.1, -0.05) is 120 Å². The van der Waals surface area contributed by atoms with Crippen LogP contribution in [0.1, 0.15) is 78.1 Å². The van der Waals surface area contributed by atoms with Crippen LogP contribution in [0, 0.1) is 0 Å². The van der Waals surface area contributed by atoms with Crippen LogP contribution in [0.3, 0.4) is 0 Å². The first kappa shape index (κ1) is 25.6. The molecule has 1 nitrogen and oxygen atoms in total. The van der Waals surface area contributed by atoms with Gasteiger partial charge in [-0.2, -0.15) is 12.6 Å². The van der Waals surface area contributed by atoms with Crippen LogP contribution in [0.25, 0.3) is 0 Å². The molecule has 0 bridgehead atoms. The minimum atomic E-state index is 0.175. The standard InChI is InChI=1S/C25H40OS/c1-3-4-5-6-7-8-9-10-11-12-13-14-15-16-17-18-19-20-21-22-25(26)23-24(2)27/h12-22,24,26-27H,3-11,23H2,1-2H3/b13-12+,15-14+,17-16+,19-18+,21-20+,25-22-. The van der Waals surface area contributed by atoms with Gasteiger partial charge in [0.2, 0.25) is 0 Å². The average molecular weight is 389 g/mol. The van der Waals surface area contributed by atoms with Gasteiger partial charge in [0, 0.05) is 11.7 Å². The molecule has 1 N–H and O–H groups in total. The van der Waals surface area contributed by atoms with Crippen molar-refractivity contribution in [2.45, 2.75) is 83.3 Å². The molecular weight excluding hydrogens is 348 g/mol. The third-order valence-corrected chi connectivity index (χ3v) is 4.23. The average Bonchev–Trinajstić information content (AvgIpc) is 2.63. The number of hydrogen-bond acceptors (Lipinski definition) is 2. The predicted octanol–water partition coefficient (Wildman–Crippen LogP) is 8.45. The highest BCUT2D eigenvalue weighted by molar-refractivity contribution is 7.80. The van der Waals surface area contributed by atoms with Crippen molar-refractivity contribution in [1.82, 2.24) is 0 Å². The van der Waals surface area contributed by atoms with Gasteiger partial charge in [0.1, 0.15) is 0 Å². The second-order valence-electron chi connectivity index (χ2n) is 6.94. The summed E-state index contributed by atoms with van der Waals surface area (Å²) in [6.45, 7) is 4.23. The molecule has 0 aliphatic rings. The highest BCUT2D eigenvalue weighted by Gasteiger charge is 1.96. The summed E-state index contributed by atoms with van der Waals surface area (Å²) < 4.78 is 0. The van der Waals surface area contributed by atoms with Gasteiger partial charge in [-0.15, -0.1) is 0 Å². The molecule has 0 fully saturated rings. The summed E-state index contributed by atoms with van der Waals surface area (Å²) in [5.41, 5.74) is 0. The van der Waals surface area contributed by atoms with Crippen LogP contribution >= 0.6 is 12.6 Å². The lowest BCUT2D eigenvalue weighted by Crippen LogP contribution is -1.92. The van der Waals surface area contributed by atoms with Gasteiger partial charge in [0.25, 0.3) is 0 Å². The maximum Gasteiger partial charge on any atom is 0.0933 e. The van der Waals surface area contributed by atoms with Crippen molar-refractivity contribution in [3.8, 4) is 0 Å². The Hall–Kier alpha value is -1.41. The Bertz CT molecular complexity index is 492. The van der Waals surface area contributed by atoms with Crippen molar-refractivity contribution in [3.63, 3.8) is 0 Å². The van der Waals surface area contributed by atoms with E-state index in [1.165, 1.54) is 57.8 Å². The Kier molecular flexibility index (Phi) is 19.8. The van der Waals surface area contributed by atoms with E-state index in [9.17, 15) is 5.11 Å². The quantitative estimate of drug-likeness (QED) is 0.118. The Morgan fingerprint density at radius 3 is 1.78 bits per heavy atom. The second-order valence-corrected chi connectivity index (χ2v) is 7.82. The summed E-state index contributed by atoms with van der Waals surface area (Å²) in [7, 11) is 0. The third-order valence-electron chi connectivity index (χ3n) is 4.04. The van der Waals surface area contributed by atoms with Crippen molar-refractivity contribution >= 4 is 12.6 Å². The van der Waals surface area contributed by atoms with Gasteiger partial charge in [0.05, 0.1) is 5.76 Å². The van der Waals surface area contributed by atoms with E-state index in [0.717, 1.165) is 0 Å². The molecule has 0 spiro atoms. The fraction of sp³-hybridized carbons (Fsp3) is 0.520. The Morgan fingerprint density at radius 1 is 0.741 bits per heavy atom. The molecule has 0 aromatic rings. The minimum Gasteiger partial charge on any atom is -0.512 e. The first-order valence-electron chi connectivity index (χ1n) is 10.6. The molecule has 1 unspecified atom stereocenters. The molecule has 0 aliphatic carbocycles. The van der Waals surface area contributed by atoms with E-state index < -0.39 is 0 Å². The van der Waals surface area contributed by atoms with Gasteiger partial charge in [-0.05, 0) is 18.9 Å². The normalized spacial score (nSPS) is 14.7. The molecule has 0 aliphatic heterocycles. The molecule has 0 radical (unpaired) electrons. The van der Waals surface area contributed by atoms with Gasteiger partial charge in [-0.3, -0.25) is 0 Å². The molecule has 0 amide bonds. The van der Waals surface area contributed by atoms with Gasteiger partial charge >= 0.3 is 0 Å². The summed E-state index contributed by atoms with van der Waals surface area (Å²) in [6, 6.07) is 0. The van der Waals surface area contributed by atoms with Gasteiger partial charge in [-0.25, -0.2) is 0 Å². The fourth-order valence-corrected chi connectivity index (χ4v) is 2.74. The molecule has 27 heavy (non-hydrogen) atoms. The van der Waals surface area contributed by atoms with E-state index in [1.54, 1.807) is 6.08 Å². The molecule has 0 heterocycles. The number of rotatable bonds is 16. The number of hydrogen-bond donors (Lipinski definition) is 2. The molecule has 0 aromatic carbocycles. The van der Waals surface area contributed by atoms with Crippen molar-refractivity contribution in [1.29, 1.82) is 0 Å². The van der Waals surface area contributed by atoms with E-state index in [0.29, 0.717) is 12.2 Å². The number of unbranched alkanes of at least 4 members (excludes halogenated alkanes) is 8. The van der Waals surface area contributed by atoms with Gasteiger partial charge in [0.15, 0.2) is 0 Å². The van der Waals surface area contributed by atoms with Crippen LogP contribution in [-0.4, -0.2) is 10.4 Å². The largest absolute Gasteiger partial charge is 0.512 e. The number of thiol groups is 1. The SMILES string of the molecule is CCCCCCCCCC/C=C/C=C/C=C/C=C/C=C/C=C(\O)CC(C)S. The lowest BCUT2D eigenvalue weighted by molar-refractivity contribution is 0.389. The van der Waals surface area contributed by atoms with E-state index in [4.69, 9.17) is 0 Å². The summed E-state index contributed by atoms with van der Waals surface area (Å²) in [4.78, 5) is 0. The van der Waals surface area contributed by atoms with E-state index >= 15 is 0 Å². The van der Waals surface area contributed by atoms with Crippen LogP contribution in [0.2, 0.25) is 0 Å². The first-order chi connectivity index (χ1) is 13.2. The predicted molar refractivity (Wildman–Crippen MR) is 127 cm³/mol. The first-order valence-corrected chi connectivity index (χ1v) is 11.1. The molecule has 1 atom stereocenters. The lowest BCUT2D eigenvalue weighted by atomic mass is 10.1. The highest BCUT2D eigenvalue weighted by Crippen LogP contribution is 2.09. The Labute approximate surface area is 173 Å². The maximum atomic E-state index is 9.57. The summed E-state index contributed by atoms with van der Waals surface area (Å²) >= 11 is 4.24. The zero-order chi connectivity index (χ0) is 20.0. The number of aliphatic hydroxyl groups is 1. The minimum absolute atomic E-state index is 0.175.